The summed E-state index contributed by atoms with van der Waals surface area (Å²) in [7, 11) is 0. The molecule has 0 atom stereocenters. The van der Waals surface area contributed by atoms with Crippen LogP contribution in [0.5, 0.6) is 0 Å². The average molecular weight is 1010 g/mol. The molecule has 0 unspecified atom stereocenters. The molecule has 0 aliphatic heterocycles. The van der Waals surface area contributed by atoms with E-state index in [1.807, 2.05) is 12.4 Å². The van der Waals surface area contributed by atoms with Gasteiger partial charge in [0, 0.05) is 71.2 Å². The molecule has 0 aliphatic rings. The Labute approximate surface area is 452 Å². The van der Waals surface area contributed by atoms with Gasteiger partial charge in [0.25, 0.3) is 0 Å². The number of nitrogens with zero attached hydrogens (tertiary/aromatic N) is 7. The van der Waals surface area contributed by atoms with E-state index >= 15 is 0 Å². The van der Waals surface area contributed by atoms with Gasteiger partial charge in [0.15, 0.2) is 0 Å². The second-order valence-corrected chi connectivity index (χ2v) is 20.5. The number of pyridine rings is 1. The molecule has 79 heavy (non-hydrogen) atoms. The summed E-state index contributed by atoms with van der Waals surface area (Å²) >= 11 is 0. The lowest BCUT2D eigenvalue weighted by molar-refractivity contribution is 1.03. The Morgan fingerprint density at radius 3 is 0.861 bits per heavy atom. The van der Waals surface area contributed by atoms with Gasteiger partial charge in [-0.3, -0.25) is 4.98 Å². The summed E-state index contributed by atoms with van der Waals surface area (Å²) in [6, 6.07) is 92.5. The van der Waals surface area contributed by atoms with Gasteiger partial charge in [0.2, 0.25) is 0 Å². The number of para-hydroxylation sites is 10. The van der Waals surface area contributed by atoms with Gasteiger partial charge in [-0.25, -0.2) is 0 Å². The minimum atomic E-state index is 0.522. The molecular formula is C72H43N7. The van der Waals surface area contributed by atoms with Gasteiger partial charge < -0.3 is 22.8 Å². The lowest BCUT2D eigenvalue weighted by Gasteiger charge is -2.30. The van der Waals surface area contributed by atoms with E-state index < -0.39 is 0 Å². The largest absolute Gasteiger partial charge is 0.307 e. The van der Waals surface area contributed by atoms with Gasteiger partial charge in [0.1, 0.15) is 11.6 Å². The molecule has 0 amide bonds. The molecular weight excluding hydrogens is 963 g/mol. The highest BCUT2D eigenvalue weighted by Crippen LogP contribution is 2.53. The van der Waals surface area contributed by atoms with E-state index in [9.17, 15) is 5.26 Å². The van der Waals surface area contributed by atoms with Gasteiger partial charge in [-0.1, -0.05) is 182 Å². The minimum Gasteiger partial charge on any atom is -0.307 e. The third kappa shape index (κ3) is 5.86. The average Bonchev–Trinajstić information content (AvgIpc) is 3.32. The normalized spacial score (nSPS) is 12.0. The third-order valence-electron chi connectivity index (χ3n) is 16.6. The molecule has 7 heteroatoms. The molecule has 0 fully saturated rings. The SMILES string of the molecule is N#Cc1c(-n2c3ccccc3c3ccccc32)c(-n2c3ccccc3c3ccccc32)c(-c2ccccc2-n2c3ccccc3c3ccncc32)c(-n2c3ccccc3c3ccccc32)c1-n1c2ccccc2c2ccccc21. The van der Waals surface area contributed by atoms with Crippen LogP contribution in [-0.4, -0.2) is 27.8 Å². The van der Waals surface area contributed by atoms with E-state index in [4.69, 9.17) is 4.98 Å². The van der Waals surface area contributed by atoms with Crippen LogP contribution in [0, 0.1) is 11.3 Å². The molecule has 0 bridgehead atoms. The highest BCUT2D eigenvalue weighted by molar-refractivity contribution is 6.18. The smallest absolute Gasteiger partial charge is 0.104 e. The van der Waals surface area contributed by atoms with Crippen LogP contribution in [0.25, 0.3) is 149 Å². The molecule has 0 aliphatic carbocycles. The summed E-state index contributed by atoms with van der Waals surface area (Å²) in [5.74, 6) is 0. The molecule has 0 spiro atoms. The van der Waals surface area contributed by atoms with Gasteiger partial charge in [-0.05, 0) is 66.7 Å². The standard InChI is InChI=1S/C72H43N7/c73-43-56-69(76-58-32-12-2-21-45(58)46-22-3-13-33-59(46)76)71(78-62-36-16-6-25-49(62)50-26-7-17-37-63(50)78)68(55-30-10-20-40-66(55)75-57-31-11-1-29-53(57)54-41-42-74-44-67(54)75)72(79-64-38-18-8-27-51(64)52-28-9-19-39-65(52)79)70(56)77-60-34-14-4-23-47(60)48-24-5-15-35-61(48)77/h1-42,44H. The molecule has 17 aromatic rings. The fourth-order valence-corrected chi connectivity index (χ4v) is 13.5. The molecule has 0 saturated carbocycles. The van der Waals surface area contributed by atoms with Gasteiger partial charge in [0.05, 0.1) is 89.8 Å². The number of aromatic nitrogens is 6. The second kappa shape index (κ2) is 16.5. The molecule has 0 N–H and O–H groups in total. The van der Waals surface area contributed by atoms with Crippen molar-refractivity contribution in [2.75, 3.05) is 0 Å². The van der Waals surface area contributed by atoms with Crippen molar-refractivity contribution in [3.63, 3.8) is 0 Å². The zero-order valence-corrected chi connectivity index (χ0v) is 42.5. The third-order valence-corrected chi connectivity index (χ3v) is 16.6. The number of rotatable bonds is 6. The van der Waals surface area contributed by atoms with Gasteiger partial charge in [-0.2, -0.15) is 5.26 Å². The van der Waals surface area contributed by atoms with Crippen LogP contribution < -0.4 is 0 Å². The van der Waals surface area contributed by atoms with E-state index in [1.54, 1.807) is 0 Å². The lowest BCUT2D eigenvalue weighted by Crippen LogP contribution is -2.17. The zero-order chi connectivity index (χ0) is 51.9. The van der Waals surface area contributed by atoms with Crippen molar-refractivity contribution in [3.8, 4) is 45.6 Å². The van der Waals surface area contributed by atoms with E-state index in [2.05, 4.69) is 278 Å². The Hall–Kier alpha value is -10.9. The first-order valence-corrected chi connectivity index (χ1v) is 26.8. The summed E-state index contributed by atoms with van der Waals surface area (Å²) in [6.07, 6.45) is 3.89. The maximum absolute atomic E-state index is 13.0. The Balaban J connectivity index is 1.24. The van der Waals surface area contributed by atoms with E-state index in [0.717, 1.165) is 149 Å². The van der Waals surface area contributed by atoms with Crippen LogP contribution in [-0.2, 0) is 0 Å². The van der Waals surface area contributed by atoms with Crippen LogP contribution >= 0.6 is 0 Å². The van der Waals surface area contributed by atoms with Crippen LogP contribution in [0.4, 0.5) is 0 Å². The van der Waals surface area contributed by atoms with Crippen LogP contribution in [0.15, 0.2) is 261 Å². The monoisotopic (exact) mass is 1010 g/mol. The first-order valence-electron chi connectivity index (χ1n) is 26.8. The van der Waals surface area contributed by atoms with Crippen LogP contribution in [0.2, 0.25) is 0 Å². The Morgan fingerprint density at radius 2 is 0.532 bits per heavy atom. The fraction of sp³-hybridized carbons (Fsp3) is 0. The first kappa shape index (κ1) is 43.3. The molecule has 7 nitrogen and oxygen atoms in total. The Bertz CT molecular complexity index is 4960. The number of hydrogen-bond acceptors (Lipinski definition) is 2. The Morgan fingerprint density at radius 1 is 0.266 bits per heavy atom. The van der Waals surface area contributed by atoms with E-state index in [1.165, 1.54) is 0 Å². The van der Waals surface area contributed by atoms with Crippen molar-refractivity contribution in [1.29, 1.82) is 5.26 Å². The van der Waals surface area contributed by atoms with Crippen LogP contribution in [0.3, 0.4) is 0 Å². The van der Waals surface area contributed by atoms with Crippen molar-refractivity contribution in [3.05, 3.63) is 267 Å². The highest BCUT2D eigenvalue weighted by Gasteiger charge is 2.36. The highest BCUT2D eigenvalue weighted by atomic mass is 15.1. The van der Waals surface area contributed by atoms with E-state index in [-0.39, 0.29) is 0 Å². The van der Waals surface area contributed by atoms with Gasteiger partial charge in [-0.15, -0.1) is 0 Å². The maximum atomic E-state index is 13.0. The first-order chi connectivity index (χ1) is 39.3. The van der Waals surface area contributed by atoms with Crippen molar-refractivity contribution >= 4 is 109 Å². The predicted molar refractivity (Wildman–Crippen MR) is 326 cm³/mol. The summed E-state index contributed by atoms with van der Waals surface area (Å²) in [5, 5.41) is 24.1. The summed E-state index contributed by atoms with van der Waals surface area (Å²) in [6.45, 7) is 0. The quantitative estimate of drug-likeness (QED) is 0.167. The van der Waals surface area contributed by atoms with Gasteiger partial charge >= 0.3 is 0 Å². The van der Waals surface area contributed by atoms with E-state index in [0.29, 0.717) is 5.56 Å². The minimum absolute atomic E-state index is 0.522. The topological polar surface area (TPSA) is 61.3 Å². The summed E-state index contributed by atoms with van der Waals surface area (Å²) < 4.78 is 12.1. The molecule has 6 heterocycles. The zero-order valence-electron chi connectivity index (χ0n) is 42.5. The molecule has 0 saturated heterocycles. The van der Waals surface area contributed by atoms with Crippen LogP contribution in [0.1, 0.15) is 5.56 Å². The second-order valence-electron chi connectivity index (χ2n) is 20.5. The van der Waals surface area contributed by atoms with Crippen molar-refractivity contribution < 1.29 is 0 Å². The maximum Gasteiger partial charge on any atom is 0.104 e. The summed E-state index contributed by atoms with van der Waals surface area (Å²) in [4.78, 5) is 4.81. The van der Waals surface area contributed by atoms with Crippen molar-refractivity contribution in [2.24, 2.45) is 0 Å². The van der Waals surface area contributed by atoms with Crippen molar-refractivity contribution in [1.82, 2.24) is 27.8 Å². The number of fused-ring (bicyclic) bond motifs is 15. The molecule has 17 rings (SSSR count). The molecule has 366 valence electrons. The fourth-order valence-electron chi connectivity index (χ4n) is 13.5. The lowest BCUT2D eigenvalue weighted by atomic mass is 9.92. The molecule has 6 aromatic heterocycles. The van der Waals surface area contributed by atoms with Crippen molar-refractivity contribution in [2.45, 2.75) is 0 Å². The predicted octanol–water partition coefficient (Wildman–Crippen LogP) is 18.1. The molecule has 0 radical (unpaired) electrons. The summed E-state index contributed by atoms with van der Waals surface area (Å²) in [5.41, 5.74) is 16.8. The Kier molecular flexibility index (Phi) is 9.06. The number of nitriles is 1. The number of benzene rings is 11. The molecule has 11 aromatic carbocycles. The number of hydrogen-bond donors (Lipinski definition) is 0.